The van der Waals surface area contributed by atoms with E-state index in [2.05, 4.69) is 12.2 Å². The van der Waals surface area contributed by atoms with Crippen LogP contribution < -0.4 is 0 Å². The molecule has 0 radical (unpaired) electrons. The number of benzene rings is 1. The van der Waals surface area contributed by atoms with Crippen LogP contribution in [0.2, 0.25) is 0 Å². The van der Waals surface area contributed by atoms with Gasteiger partial charge in [0.25, 0.3) is 0 Å². The minimum Gasteiger partial charge on any atom is -0.507 e. The number of carbonyl (C=O) groups excluding carboxylic acids is 1. The molecule has 1 aromatic carbocycles. The Kier molecular flexibility index (Phi) is 2.68. The third-order valence-corrected chi connectivity index (χ3v) is 2.50. The van der Waals surface area contributed by atoms with E-state index in [-0.39, 0.29) is 5.75 Å². The van der Waals surface area contributed by atoms with Crippen molar-refractivity contribution in [3.8, 4) is 5.75 Å². The van der Waals surface area contributed by atoms with Crippen LogP contribution in [0, 0.1) is 0 Å². The Morgan fingerprint density at radius 1 is 1.27 bits per heavy atom. The zero-order valence-corrected chi connectivity index (χ0v) is 8.31. The van der Waals surface area contributed by atoms with Gasteiger partial charge in [0, 0.05) is 5.56 Å². The number of aromatic hydroxyl groups is 1. The Hall–Kier alpha value is -1.83. The Morgan fingerprint density at radius 3 is 2.80 bits per heavy atom. The van der Waals surface area contributed by atoms with E-state index in [0.717, 1.165) is 24.0 Å². The molecule has 2 nitrogen and oxygen atoms in total. The monoisotopic (exact) mass is 200 g/mol. The molecule has 1 N–H and O–H groups in total. The van der Waals surface area contributed by atoms with Gasteiger partial charge in [-0.05, 0) is 24.5 Å². The van der Waals surface area contributed by atoms with E-state index in [0.29, 0.717) is 11.8 Å². The van der Waals surface area contributed by atoms with Crippen LogP contribution in [-0.2, 0) is 0 Å². The van der Waals surface area contributed by atoms with E-state index < -0.39 is 0 Å². The van der Waals surface area contributed by atoms with Crippen molar-refractivity contribution in [2.24, 2.45) is 0 Å². The van der Waals surface area contributed by atoms with Gasteiger partial charge in [0.2, 0.25) is 0 Å². The van der Waals surface area contributed by atoms with Crippen molar-refractivity contribution in [3.63, 3.8) is 0 Å². The maximum absolute atomic E-state index is 10.7. The summed E-state index contributed by atoms with van der Waals surface area (Å²) < 4.78 is 0. The standard InChI is InChI=1S/C13H12O2/c14-9-11-7-4-8-12(13(11)15)10-5-2-1-3-6-10/h2,4-9,15H,1,3H2. The summed E-state index contributed by atoms with van der Waals surface area (Å²) >= 11 is 0. The summed E-state index contributed by atoms with van der Waals surface area (Å²) in [6, 6.07) is 5.21. The highest BCUT2D eigenvalue weighted by molar-refractivity contribution is 5.86. The first-order valence-electron chi connectivity index (χ1n) is 4.97. The van der Waals surface area contributed by atoms with Crippen LogP contribution in [0.3, 0.4) is 0 Å². The van der Waals surface area contributed by atoms with Crippen molar-refractivity contribution < 1.29 is 9.90 Å². The highest BCUT2D eigenvalue weighted by Crippen LogP contribution is 2.30. The van der Waals surface area contributed by atoms with Crippen LogP contribution in [0.1, 0.15) is 28.8 Å². The molecular weight excluding hydrogens is 188 g/mol. The van der Waals surface area contributed by atoms with Gasteiger partial charge in [-0.2, -0.15) is 0 Å². The molecule has 0 spiro atoms. The molecule has 1 aliphatic rings. The van der Waals surface area contributed by atoms with Crippen LogP contribution in [-0.4, -0.2) is 11.4 Å². The van der Waals surface area contributed by atoms with Gasteiger partial charge in [-0.15, -0.1) is 0 Å². The highest BCUT2D eigenvalue weighted by atomic mass is 16.3. The zero-order valence-electron chi connectivity index (χ0n) is 8.31. The Labute approximate surface area is 88.6 Å². The molecule has 0 fully saturated rings. The maximum atomic E-state index is 10.7. The fourth-order valence-corrected chi connectivity index (χ4v) is 1.70. The van der Waals surface area contributed by atoms with Gasteiger partial charge < -0.3 is 5.11 Å². The molecule has 0 unspecified atom stereocenters. The first-order valence-corrected chi connectivity index (χ1v) is 4.97. The van der Waals surface area contributed by atoms with Gasteiger partial charge in [0.15, 0.2) is 6.29 Å². The fraction of sp³-hybridized carbons (Fsp3) is 0.154. The lowest BCUT2D eigenvalue weighted by atomic mass is 9.97. The van der Waals surface area contributed by atoms with Crippen LogP contribution in [0.25, 0.3) is 5.57 Å². The predicted molar refractivity (Wildman–Crippen MR) is 59.8 cm³/mol. The van der Waals surface area contributed by atoms with Gasteiger partial charge in [-0.25, -0.2) is 0 Å². The second kappa shape index (κ2) is 4.13. The number of phenols is 1. The molecule has 0 amide bonds. The summed E-state index contributed by atoms with van der Waals surface area (Å²) in [5.74, 6) is 0.0744. The summed E-state index contributed by atoms with van der Waals surface area (Å²) in [4.78, 5) is 10.7. The van der Waals surface area contributed by atoms with Crippen LogP contribution in [0.15, 0.2) is 36.4 Å². The summed E-state index contributed by atoms with van der Waals surface area (Å²) in [5, 5.41) is 9.84. The lowest BCUT2D eigenvalue weighted by Crippen LogP contribution is -1.90. The van der Waals surface area contributed by atoms with E-state index in [9.17, 15) is 9.90 Å². The van der Waals surface area contributed by atoms with Gasteiger partial charge in [0.05, 0.1) is 5.56 Å². The lowest BCUT2D eigenvalue weighted by molar-refractivity contribution is 0.112. The summed E-state index contributed by atoms with van der Waals surface area (Å²) in [6.45, 7) is 0. The number of para-hydroxylation sites is 1. The van der Waals surface area contributed by atoms with Crippen LogP contribution >= 0.6 is 0 Å². The van der Waals surface area contributed by atoms with Crippen LogP contribution in [0.5, 0.6) is 5.75 Å². The molecule has 1 aliphatic carbocycles. The van der Waals surface area contributed by atoms with Crippen molar-refractivity contribution in [2.45, 2.75) is 12.8 Å². The normalized spacial score (nSPS) is 14.8. The Bertz CT molecular complexity index is 442. The first-order chi connectivity index (χ1) is 7.33. The molecule has 15 heavy (non-hydrogen) atoms. The number of rotatable bonds is 2. The third-order valence-electron chi connectivity index (χ3n) is 2.50. The van der Waals surface area contributed by atoms with Crippen LogP contribution in [0.4, 0.5) is 0 Å². The minimum absolute atomic E-state index is 0.0744. The summed E-state index contributed by atoms with van der Waals surface area (Å²) in [5.41, 5.74) is 2.06. The van der Waals surface area contributed by atoms with Gasteiger partial charge in [-0.1, -0.05) is 30.4 Å². The van der Waals surface area contributed by atoms with Crippen molar-refractivity contribution >= 4 is 11.9 Å². The van der Waals surface area contributed by atoms with Gasteiger partial charge in [0.1, 0.15) is 5.75 Å². The molecule has 0 heterocycles. The van der Waals surface area contributed by atoms with E-state index >= 15 is 0 Å². The van der Waals surface area contributed by atoms with E-state index in [4.69, 9.17) is 0 Å². The molecule has 0 atom stereocenters. The van der Waals surface area contributed by atoms with E-state index in [1.807, 2.05) is 12.1 Å². The highest BCUT2D eigenvalue weighted by Gasteiger charge is 2.09. The van der Waals surface area contributed by atoms with Crippen molar-refractivity contribution in [2.75, 3.05) is 0 Å². The molecule has 0 saturated carbocycles. The van der Waals surface area contributed by atoms with Gasteiger partial charge in [-0.3, -0.25) is 4.79 Å². The summed E-state index contributed by atoms with van der Waals surface area (Å²) in [6.07, 6.45) is 8.82. The maximum Gasteiger partial charge on any atom is 0.153 e. The zero-order chi connectivity index (χ0) is 10.7. The Balaban J connectivity index is 2.48. The number of allylic oxidation sites excluding steroid dienone is 4. The smallest absolute Gasteiger partial charge is 0.153 e. The largest absolute Gasteiger partial charge is 0.507 e. The molecule has 0 aromatic heterocycles. The average Bonchev–Trinajstić information content (AvgIpc) is 2.30. The Morgan fingerprint density at radius 2 is 2.13 bits per heavy atom. The lowest BCUT2D eigenvalue weighted by Gasteiger charge is -2.10. The second-order valence-corrected chi connectivity index (χ2v) is 3.50. The number of aldehydes is 1. The van der Waals surface area contributed by atoms with Crippen molar-refractivity contribution in [1.29, 1.82) is 0 Å². The van der Waals surface area contributed by atoms with E-state index in [1.165, 1.54) is 0 Å². The number of carbonyl (C=O) groups is 1. The third kappa shape index (κ3) is 1.84. The quantitative estimate of drug-likeness (QED) is 0.745. The van der Waals surface area contributed by atoms with Crippen molar-refractivity contribution in [3.05, 3.63) is 47.6 Å². The molecule has 76 valence electrons. The summed E-state index contributed by atoms with van der Waals surface area (Å²) in [7, 11) is 0. The molecule has 2 heteroatoms. The molecule has 1 aromatic rings. The minimum atomic E-state index is 0.0744. The van der Waals surface area contributed by atoms with Gasteiger partial charge >= 0.3 is 0 Å². The van der Waals surface area contributed by atoms with Crippen molar-refractivity contribution in [1.82, 2.24) is 0 Å². The number of hydrogen-bond acceptors (Lipinski definition) is 2. The first kappa shape index (κ1) is 9.71. The topological polar surface area (TPSA) is 37.3 Å². The molecule has 0 bridgehead atoms. The molecular formula is C13H12O2. The fourth-order valence-electron chi connectivity index (χ4n) is 1.70. The average molecular weight is 200 g/mol. The predicted octanol–water partition coefficient (Wildman–Crippen LogP) is 2.94. The second-order valence-electron chi connectivity index (χ2n) is 3.50. The molecule has 0 saturated heterocycles. The number of hydrogen-bond donors (Lipinski definition) is 1. The molecule has 2 rings (SSSR count). The van der Waals surface area contributed by atoms with E-state index in [1.54, 1.807) is 12.1 Å². The number of phenolic OH excluding ortho intramolecular Hbond substituents is 1. The SMILES string of the molecule is O=Cc1cccc(C2=CCCC=C2)c1O. The molecule has 0 aliphatic heterocycles.